The van der Waals surface area contributed by atoms with Crippen LogP contribution in [0.3, 0.4) is 0 Å². The molecule has 0 aliphatic carbocycles. The van der Waals surface area contributed by atoms with Crippen molar-refractivity contribution < 1.29 is 19.2 Å². The molecule has 0 amide bonds. The maximum Gasteiger partial charge on any atom is 0.344 e. The molecule has 92 valence electrons. The number of carbonyl (C=O) groups excluding carboxylic acids is 1. The molecule has 0 saturated carbocycles. The highest BCUT2D eigenvalue weighted by molar-refractivity contribution is 5.71. The van der Waals surface area contributed by atoms with E-state index < -0.39 is 10.9 Å². The van der Waals surface area contributed by atoms with Crippen molar-refractivity contribution >= 4 is 11.7 Å². The van der Waals surface area contributed by atoms with Crippen molar-refractivity contribution in [1.82, 2.24) is 0 Å². The maximum absolute atomic E-state index is 11.1. The van der Waals surface area contributed by atoms with E-state index in [0.29, 0.717) is 6.61 Å². The number of benzene rings is 1. The highest BCUT2D eigenvalue weighted by atomic mass is 16.6. The lowest BCUT2D eigenvalue weighted by Crippen LogP contribution is -2.15. The van der Waals surface area contributed by atoms with Crippen LogP contribution in [0.2, 0.25) is 0 Å². The quantitative estimate of drug-likeness (QED) is 0.430. The Kier molecular flexibility index (Phi) is 4.93. The molecule has 17 heavy (non-hydrogen) atoms. The van der Waals surface area contributed by atoms with Crippen LogP contribution >= 0.6 is 0 Å². The van der Waals surface area contributed by atoms with E-state index in [1.807, 2.05) is 6.92 Å². The van der Waals surface area contributed by atoms with E-state index in [1.165, 1.54) is 18.2 Å². The number of rotatable bonds is 6. The molecule has 0 aromatic heterocycles. The van der Waals surface area contributed by atoms with Crippen molar-refractivity contribution in [1.29, 1.82) is 0 Å². The Morgan fingerprint density at radius 2 is 2.12 bits per heavy atom. The number of para-hydroxylation sites is 2. The third-order valence-electron chi connectivity index (χ3n) is 1.87. The second-order valence-electron chi connectivity index (χ2n) is 3.23. The van der Waals surface area contributed by atoms with Crippen molar-refractivity contribution in [2.75, 3.05) is 13.2 Å². The van der Waals surface area contributed by atoms with Gasteiger partial charge in [0.1, 0.15) is 0 Å². The molecule has 6 heteroatoms. The smallest absolute Gasteiger partial charge is 0.344 e. The monoisotopic (exact) mass is 239 g/mol. The van der Waals surface area contributed by atoms with Crippen LogP contribution < -0.4 is 4.74 Å². The molecule has 6 nitrogen and oxygen atoms in total. The van der Waals surface area contributed by atoms with Crippen molar-refractivity contribution in [3.05, 3.63) is 34.4 Å². The number of nitrogens with zero attached hydrogens (tertiary/aromatic N) is 1. The Morgan fingerprint density at radius 1 is 1.41 bits per heavy atom. The first kappa shape index (κ1) is 13.0. The summed E-state index contributed by atoms with van der Waals surface area (Å²) in [5.74, 6) is -0.476. The number of hydrogen-bond donors (Lipinski definition) is 0. The summed E-state index contributed by atoms with van der Waals surface area (Å²) in [6.45, 7) is 1.86. The summed E-state index contributed by atoms with van der Waals surface area (Å²) in [7, 11) is 0. The van der Waals surface area contributed by atoms with Gasteiger partial charge < -0.3 is 9.47 Å². The van der Waals surface area contributed by atoms with Gasteiger partial charge in [-0.1, -0.05) is 19.1 Å². The Bertz CT molecular complexity index is 405. The molecule has 0 radical (unpaired) electrons. The van der Waals surface area contributed by atoms with Gasteiger partial charge in [-0.05, 0) is 12.5 Å². The van der Waals surface area contributed by atoms with Crippen LogP contribution in [0.4, 0.5) is 5.69 Å². The first-order chi connectivity index (χ1) is 8.15. The highest BCUT2D eigenvalue weighted by Gasteiger charge is 2.14. The topological polar surface area (TPSA) is 78.7 Å². The molecule has 0 heterocycles. The zero-order valence-electron chi connectivity index (χ0n) is 9.42. The van der Waals surface area contributed by atoms with Crippen molar-refractivity contribution in [3.63, 3.8) is 0 Å². The van der Waals surface area contributed by atoms with Gasteiger partial charge in [0.05, 0.1) is 11.5 Å². The van der Waals surface area contributed by atoms with Gasteiger partial charge in [0.25, 0.3) is 0 Å². The zero-order valence-corrected chi connectivity index (χ0v) is 9.42. The Morgan fingerprint density at radius 3 is 2.76 bits per heavy atom. The van der Waals surface area contributed by atoms with E-state index in [1.54, 1.807) is 6.07 Å². The lowest BCUT2D eigenvalue weighted by atomic mass is 10.3. The van der Waals surface area contributed by atoms with E-state index in [9.17, 15) is 14.9 Å². The molecule has 0 spiro atoms. The summed E-state index contributed by atoms with van der Waals surface area (Å²) in [6.07, 6.45) is 0.719. The first-order valence-electron chi connectivity index (χ1n) is 5.17. The first-order valence-corrected chi connectivity index (χ1v) is 5.17. The number of nitro groups is 1. The van der Waals surface area contributed by atoms with Crippen molar-refractivity contribution in [2.24, 2.45) is 0 Å². The van der Waals surface area contributed by atoms with E-state index in [2.05, 4.69) is 0 Å². The predicted molar refractivity (Wildman–Crippen MR) is 59.8 cm³/mol. The average molecular weight is 239 g/mol. The van der Waals surface area contributed by atoms with Crippen molar-refractivity contribution in [2.45, 2.75) is 13.3 Å². The van der Waals surface area contributed by atoms with E-state index in [0.717, 1.165) is 6.42 Å². The minimum Gasteiger partial charge on any atom is -0.475 e. The summed E-state index contributed by atoms with van der Waals surface area (Å²) in [5.41, 5.74) is -0.171. The van der Waals surface area contributed by atoms with Crippen LogP contribution in [0.15, 0.2) is 24.3 Å². The molecular weight excluding hydrogens is 226 g/mol. The lowest BCUT2D eigenvalue weighted by molar-refractivity contribution is -0.385. The number of ether oxygens (including phenoxy) is 2. The van der Waals surface area contributed by atoms with Gasteiger partial charge in [0.2, 0.25) is 0 Å². The molecule has 0 fully saturated rings. The second-order valence-corrected chi connectivity index (χ2v) is 3.23. The van der Waals surface area contributed by atoms with E-state index in [4.69, 9.17) is 9.47 Å². The Balaban J connectivity index is 2.57. The Labute approximate surface area is 98.3 Å². The third-order valence-corrected chi connectivity index (χ3v) is 1.87. The van der Waals surface area contributed by atoms with Gasteiger partial charge in [-0.3, -0.25) is 10.1 Å². The number of nitro benzene ring substituents is 1. The van der Waals surface area contributed by atoms with Gasteiger partial charge >= 0.3 is 11.7 Å². The Hall–Kier alpha value is -2.11. The molecule has 0 N–H and O–H groups in total. The number of carbonyl (C=O) groups is 1. The van der Waals surface area contributed by atoms with Crippen LogP contribution in [0.1, 0.15) is 13.3 Å². The molecule has 0 atom stereocenters. The summed E-state index contributed by atoms with van der Waals surface area (Å²) in [4.78, 5) is 21.2. The SMILES string of the molecule is CCCOC(=O)COc1ccccc1[N+](=O)[O-]. The molecule has 1 aromatic rings. The predicted octanol–water partition coefficient (Wildman–Crippen LogP) is 1.93. The van der Waals surface area contributed by atoms with Gasteiger partial charge in [-0.15, -0.1) is 0 Å². The van der Waals surface area contributed by atoms with Gasteiger partial charge in [0, 0.05) is 6.07 Å². The molecule has 0 aliphatic rings. The number of hydrogen-bond acceptors (Lipinski definition) is 5. The molecule has 1 aromatic carbocycles. The highest BCUT2D eigenvalue weighted by Crippen LogP contribution is 2.25. The molecule has 0 saturated heterocycles. The second kappa shape index (κ2) is 6.47. The van der Waals surface area contributed by atoms with Crippen LogP contribution in [0.5, 0.6) is 5.75 Å². The molecular formula is C11H13NO5. The largest absolute Gasteiger partial charge is 0.475 e. The van der Waals surface area contributed by atoms with E-state index >= 15 is 0 Å². The summed E-state index contributed by atoms with van der Waals surface area (Å²) in [5, 5.41) is 10.6. The lowest BCUT2D eigenvalue weighted by Gasteiger charge is -2.06. The molecule has 0 aliphatic heterocycles. The minimum atomic E-state index is -0.563. The van der Waals surface area contributed by atoms with Crippen LogP contribution in [-0.4, -0.2) is 24.1 Å². The van der Waals surface area contributed by atoms with Crippen LogP contribution in [-0.2, 0) is 9.53 Å². The number of esters is 1. The molecule has 0 unspecified atom stereocenters. The average Bonchev–Trinajstić information content (AvgIpc) is 2.34. The normalized spacial score (nSPS) is 9.71. The summed E-state index contributed by atoms with van der Waals surface area (Å²) in [6, 6.07) is 5.87. The molecule has 0 bridgehead atoms. The van der Waals surface area contributed by atoms with Gasteiger partial charge in [-0.2, -0.15) is 0 Å². The van der Waals surface area contributed by atoms with Crippen LogP contribution in [0.25, 0.3) is 0 Å². The maximum atomic E-state index is 11.1. The molecule has 1 rings (SSSR count). The zero-order chi connectivity index (χ0) is 12.7. The fourth-order valence-corrected chi connectivity index (χ4v) is 1.12. The van der Waals surface area contributed by atoms with Gasteiger partial charge in [-0.25, -0.2) is 4.79 Å². The van der Waals surface area contributed by atoms with Gasteiger partial charge in [0.15, 0.2) is 12.4 Å². The summed E-state index contributed by atoms with van der Waals surface area (Å²) >= 11 is 0. The van der Waals surface area contributed by atoms with Crippen molar-refractivity contribution in [3.8, 4) is 5.75 Å². The van der Waals surface area contributed by atoms with E-state index in [-0.39, 0.29) is 18.0 Å². The summed E-state index contributed by atoms with van der Waals surface area (Å²) < 4.78 is 9.82. The minimum absolute atomic E-state index is 0.0611. The third kappa shape index (κ3) is 4.10. The van der Waals surface area contributed by atoms with Crippen LogP contribution in [0, 0.1) is 10.1 Å². The fraction of sp³-hybridized carbons (Fsp3) is 0.364. The standard InChI is InChI=1S/C11H13NO5/c1-2-7-16-11(13)8-17-10-6-4-3-5-9(10)12(14)15/h3-6H,2,7-8H2,1H3. The fourth-order valence-electron chi connectivity index (χ4n) is 1.12.